The lowest BCUT2D eigenvalue weighted by Crippen LogP contribution is -2.30. The molecule has 0 spiro atoms. The van der Waals surface area contributed by atoms with Crippen molar-refractivity contribution < 1.29 is 22.7 Å². The summed E-state index contributed by atoms with van der Waals surface area (Å²) < 4.78 is 30.5. The van der Waals surface area contributed by atoms with Crippen LogP contribution in [0.4, 0.5) is 5.69 Å². The number of thiophene rings is 1. The summed E-state index contributed by atoms with van der Waals surface area (Å²) >= 11 is 1.47. The number of hydrogen-bond acceptors (Lipinski definition) is 6. The molecule has 1 aromatic heterocycles. The van der Waals surface area contributed by atoms with Crippen molar-refractivity contribution in [3.8, 4) is 0 Å². The molecule has 0 bridgehead atoms. The SMILES string of the molecule is CC(OC(=O)Cc1ccsc1)C(=O)Nc1cccc(S(=O)(=O)N(C)C)c1. The molecule has 26 heavy (non-hydrogen) atoms. The van der Waals surface area contributed by atoms with Gasteiger partial charge in [-0.2, -0.15) is 11.3 Å². The molecule has 1 N–H and O–H groups in total. The quantitative estimate of drug-likeness (QED) is 0.724. The normalized spacial score (nSPS) is 12.6. The van der Waals surface area contributed by atoms with Crippen LogP contribution in [0.15, 0.2) is 46.0 Å². The highest BCUT2D eigenvalue weighted by atomic mass is 32.2. The van der Waals surface area contributed by atoms with Gasteiger partial charge in [-0.25, -0.2) is 12.7 Å². The molecule has 1 aromatic carbocycles. The van der Waals surface area contributed by atoms with Crippen molar-refractivity contribution in [2.75, 3.05) is 19.4 Å². The number of carbonyl (C=O) groups is 2. The van der Waals surface area contributed by atoms with E-state index in [1.54, 1.807) is 6.07 Å². The number of esters is 1. The van der Waals surface area contributed by atoms with Crippen LogP contribution in [-0.2, 0) is 30.8 Å². The third-order valence-corrected chi connectivity index (χ3v) is 6.03. The Bertz CT molecular complexity index is 876. The molecule has 1 unspecified atom stereocenters. The Balaban J connectivity index is 1.99. The van der Waals surface area contributed by atoms with E-state index in [-0.39, 0.29) is 11.3 Å². The first-order valence-corrected chi connectivity index (χ1v) is 10.1. The van der Waals surface area contributed by atoms with Crippen LogP contribution in [0.2, 0.25) is 0 Å². The number of amides is 1. The number of anilines is 1. The number of rotatable bonds is 7. The van der Waals surface area contributed by atoms with Crippen molar-refractivity contribution in [1.82, 2.24) is 4.31 Å². The second-order valence-corrected chi connectivity index (χ2v) is 8.68. The molecule has 0 radical (unpaired) electrons. The average Bonchev–Trinajstić information content (AvgIpc) is 3.07. The van der Waals surface area contributed by atoms with E-state index in [9.17, 15) is 18.0 Å². The van der Waals surface area contributed by atoms with Gasteiger partial charge < -0.3 is 10.1 Å². The molecule has 0 aliphatic rings. The van der Waals surface area contributed by atoms with E-state index in [1.165, 1.54) is 50.6 Å². The summed E-state index contributed by atoms with van der Waals surface area (Å²) in [6.07, 6.45) is -0.909. The molecule has 1 amide bonds. The Morgan fingerprint density at radius 2 is 2.00 bits per heavy atom. The van der Waals surface area contributed by atoms with Gasteiger partial charge in [-0.3, -0.25) is 9.59 Å². The Hall–Kier alpha value is -2.23. The van der Waals surface area contributed by atoms with E-state index in [4.69, 9.17) is 4.74 Å². The lowest BCUT2D eigenvalue weighted by atomic mass is 10.2. The zero-order valence-electron chi connectivity index (χ0n) is 14.6. The molecule has 0 saturated carbocycles. The molecule has 7 nitrogen and oxygen atoms in total. The number of carbonyl (C=O) groups excluding carboxylic acids is 2. The molecule has 9 heteroatoms. The van der Waals surface area contributed by atoms with Gasteiger partial charge in [0.25, 0.3) is 5.91 Å². The molecule has 0 aliphatic heterocycles. The van der Waals surface area contributed by atoms with Gasteiger partial charge in [0.15, 0.2) is 6.10 Å². The molecular formula is C17H20N2O5S2. The van der Waals surface area contributed by atoms with Crippen LogP contribution in [0.5, 0.6) is 0 Å². The molecule has 0 saturated heterocycles. The molecule has 0 fully saturated rings. The summed E-state index contributed by atoms with van der Waals surface area (Å²) in [6, 6.07) is 7.70. The monoisotopic (exact) mass is 396 g/mol. The van der Waals surface area contributed by atoms with E-state index in [0.717, 1.165) is 9.87 Å². The van der Waals surface area contributed by atoms with Crippen molar-refractivity contribution in [3.63, 3.8) is 0 Å². The second-order valence-electron chi connectivity index (χ2n) is 5.74. The van der Waals surface area contributed by atoms with Crippen LogP contribution in [0.1, 0.15) is 12.5 Å². The fraction of sp³-hybridized carbons (Fsp3) is 0.294. The van der Waals surface area contributed by atoms with Crippen LogP contribution in [0.3, 0.4) is 0 Å². The number of sulfonamides is 1. The first kappa shape index (κ1) is 20.1. The Morgan fingerprint density at radius 1 is 1.27 bits per heavy atom. The smallest absolute Gasteiger partial charge is 0.311 e. The largest absolute Gasteiger partial charge is 0.452 e. The highest BCUT2D eigenvalue weighted by Gasteiger charge is 2.20. The van der Waals surface area contributed by atoms with Crippen LogP contribution in [0, 0.1) is 0 Å². The zero-order chi connectivity index (χ0) is 19.3. The predicted octanol–water partition coefficient (Wildman–Crippen LogP) is 2.11. The van der Waals surface area contributed by atoms with Gasteiger partial charge in [-0.1, -0.05) is 6.07 Å². The Labute approximate surface area is 156 Å². The maximum absolute atomic E-state index is 12.2. The molecule has 0 aliphatic carbocycles. The van der Waals surface area contributed by atoms with Gasteiger partial charge >= 0.3 is 5.97 Å². The summed E-state index contributed by atoms with van der Waals surface area (Å²) in [5.41, 5.74) is 1.13. The maximum atomic E-state index is 12.2. The number of nitrogens with one attached hydrogen (secondary N) is 1. The molecule has 1 atom stereocenters. The molecular weight excluding hydrogens is 376 g/mol. The number of ether oxygens (including phenoxy) is 1. The third kappa shape index (κ3) is 5.13. The van der Waals surface area contributed by atoms with Crippen molar-refractivity contribution in [1.29, 1.82) is 0 Å². The van der Waals surface area contributed by atoms with Crippen molar-refractivity contribution in [2.45, 2.75) is 24.3 Å². The van der Waals surface area contributed by atoms with Crippen LogP contribution < -0.4 is 5.32 Å². The van der Waals surface area contributed by atoms with Crippen molar-refractivity contribution in [3.05, 3.63) is 46.7 Å². The van der Waals surface area contributed by atoms with Gasteiger partial charge in [-0.05, 0) is 47.5 Å². The van der Waals surface area contributed by atoms with Gasteiger partial charge in [0.2, 0.25) is 10.0 Å². The summed E-state index contributed by atoms with van der Waals surface area (Å²) in [5.74, 6) is -1.04. The van der Waals surface area contributed by atoms with E-state index in [0.29, 0.717) is 5.69 Å². The van der Waals surface area contributed by atoms with Gasteiger partial charge in [0.05, 0.1) is 11.3 Å². The molecule has 2 aromatic rings. The van der Waals surface area contributed by atoms with E-state index < -0.39 is 28.0 Å². The lowest BCUT2D eigenvalue weighted by molar-refractivity contribution is -0.152. The minimum absolute atomic E-state index is 0.0578. The topological polar surface area (TPSA) is 92.8 Å². The maximum Gasteiger partial charge on any atom is 0.311 e. The summed E-state index contributed by atoms with van der Waals surface area (Å²) in [6.45, 7) is 1.46. The molecule has 1 heterocycles. The Kier molecular flexibility index (Phi) is 6.52. The zero-order valence-corrected chi connectivity index (χ0v) is 16.3. The lowest BCUT2D eigenvalue weighted by Gasteiger charge is -2.15. The summed E-state index contributed by atoms with van der Waals surface area (Å²) in [7, 11) is -0.753. The number of hydrogen-bond donors (Lipinski definition) is 1. The number of nitrogens with zero attached hydrogens (tertiary/aromatic N) is 1. The molecule has 140 valence electrons. The minimum Gasteiger partial charge on any atom is -0.452 e. The summed E-state index contributed by atoms with van der Waals surface area (Å²) in [5, 5.41) is 6.25. The number of benzene rings is 1. The van der Waals surface area contributed by atoms with Crippen LogP contribution in [0.25, 0.3) is 0 Å². The Morgan fingerprint density at radius 3 is 2.62 bits per heavy atom. The average molecular weight is 396 g/mol. The standard InChI is InChI=1S/C17H20N2O5S2/c1-12(24-16(20)9-13-7-8-25-11-13)17(21)18-14-5-4-6-15(10-14)26(22,23)19(2)3/h4-8,10-12H,9H2,1-3H3,(H,18,21). The van der Waals surface area contributed by atoms with Crippen LogP contribution in [-0.4, -0.2) is 44.8 Å². The van der Waals surface area contributed by atoms with Crippen molar-refractivity contribution >= 4 is 38.9 Å². The fourth-order valence-electron chi connectivity index (χ4n) is 2.04. The minimum atomic E-state index is -3.61. The highest BCUT2D eigenvalue weighted by molar-refractivity contribution is 7.89. The van der Waals surface area contributed by atoms with Crippen LogP contribution >= 0.6 is 11.3 Å². The van der Waals surface area contributed by atoms with E-state index in [2.05, 4.69) is 5.32 Å². The van der Waals surface area contributed by atoms with Gasteiger partial charge in [0, 0.05) is 19.8 Å². The second kappa shape index (κ2) is 8.43. The van der Waals surface area contributed by atoms with E-state index >= 15 is 0 Å². The van der Waals surface area contributed by atoms with Gasteiger partial charge in [0.1, 0.15) is 0 Å². The summed E-state index contributed by atoms with van der Waals surface area (Å²) in [4.78, 5) is 24.1. The van der Waals surface area contributed by atoms with Gasteiger partial charge in [-0.15, -0.1) is 0 Å². The fourth-order valence-corrected chi connectivity index (χ4v) is 3.66. The van der Waals surface area contributed by atoms with Crippen molar-refractivity contribution in [2.24, 2.45) is 0 Å². The third-order valence-electron chi connectivity index (χ3n) is 3.49. The first-order chi connectivity index (χ1) is 12.2. The predicted molar refractivity (Wildman–Crippen MR) is 99.5 cm³/mol. The highest BCUT2D eigenvalue weighted by Crippen LogP contribution is 2.18. The molecule has 2 rings (SSSR count). The van der Waals surface area contributed by atoms with E-state index in [1.807, 2.05) is 16.8 Å². The first-order valence-electron chi connectivity index (χ1n) is 7.74.